The number of carboxylic acids is 1. The molecule has 10 nitrogen and oxygen atoms in total. The average molecular weight is 492 g/mol. The molecule has 0 aliphatic carbocycles. The van der Waals surface area contributed by atoms with Crippen LogP contribution in [0, 0.1) is 5.92 Å². The summed E-state index contributed by atoms with van der Waals surface area (Å²) in [5, 5.41) is 18.4. The smallest absolute Gasteiger partial charge is 0.326 e. The Morgan fingerprint density at radius 1 is 1.06 bits per heavy atom. The summed E-state index contributed by atoms with van der Waals surface area (Å²) in [5.41, 5.74) is 6.97. The van der Waals surface area contributed by atoms with Gasteiger partial charge in [0.15, 0.2) is 0 Å². The molecule has 2 rings (SSSR count). The zero-order valence-corrected chi connectivity index (χ0v) is 20.4. The maximum Gasteiger partial charge on any atom is 0.326 e. The number of amides is 3. The van der Waals surface area contributed by atoms with Gasteiger partial charge in [0.05, 0.1) is 6.54 Å². The van der Waals surface area contributed by atoms with Gasteiger partial charge in [-0.05, 0) is 36.0 Å². The summed E-state index contributed by atoms with van der Waals surface area (Å²) in [7, 11) is 0. The monoisotopic (exact) mass is 491 g/mol. The number of nitrogens with two attached hydrogens (primary N) is 1. The quantitative estimate of drug-likeness (QED) is 0.239. The predicted octanol–water partition coefficient (Wildman–Crippen LogP) is 0.617. The molecule has 34 heavy (non-hydrogen) atoms. The van der Waals surface area contributed by atoms with Gasteiger partial charge in [0, 0.05) is 23.5 Å². The lowest BCUT2D eigenvalue weighted by Gasteiger charge is -2.26. The van der Waals surface area contributed by atoms with E-state index < -0.39 is 41.8 Å². The highest BCUT2D eigenvalue weighted by Crippen LogP contribution is 2.19. The molecule has 1 heterocycles. The molecule has 0 saturated carbocycles. The van der Waals surface area contributed by atoms with Crippen LogP contribution < -0.4 is 21.7 Å². The first-order valence-electron chi connectivity index (χ1n) is 11.0. The summed E-state index contributed by atoms with van der Waals surface area (Å²) in [6.45, 7) is 3.26. The number of thioether (sulfide) groups is 1. The Morgan fingerprint density at radius 3 is 2.35 bits per heavy atom. The minimum Gasteiger partial charge on any atom is -0.480 e. The maximum absolute atomic E-state index is 13.0. The number of carboxylic acid groups (broad SMARTS) is 1. The van der Waals surface area contributed by atoms with Gasteiger partial charge in [-0.2, -0.15) is 11.8 Å². The van der Waals surface area contributed by atoms with Gasteiger partial charge in [0.25, 0.3) is 0 Å². The fourth-order valence-electron chi connectivity index (χ4n) is 3.53. The fourth-order valence-corrected chi connectivity index (χ4v) is 4.00. The van der Waals surface area contributed by atoms with Gasteiger partial charge >= 0.3 is 5.97 Å². The van der Waals surface area contributed by atoms with E-state index in [9.17, 15) is 24.3 Å². The Balaban J connectivity index is 2.15. The van der Waals surface area contributed by atoms with Crippen LogP contribution >= 0.6 is 11.8 Å². The first-order valence-corrected chi connectivity index (χ1v) is 12.4. The van der Waals surface area contributed by atoms with Crippen LogP contribution in [-0.2, 0) is 25.6 Å². The largest absolute Gasteiger partial charge is 0.480 e. The number of para-hydroxylation sites is 1. The van der Waals surface area contributed by atoms with Crippen molar-refractivity contribution >= 4 is 46.4 Å². The van der Waals surface area contributed by atoms with Crippen LogP contribution in [0.2, 0.25) is 0 Å². The van der Waals surface area contributed by atoms with Gasteiger partial charge in [-0.15, -0.1) is 0 Å². The number of aliphatic carboxylic acids is 1. The van der Waals surface area contributed by atoms with E-state index in [1.165, 1.54) is 11.8 Å². The van der Waals surface area contributed by atoms with Crippen LogP contribution in [0.15, 0.2) is 30.5 Å². The van der Waals surface area contributed by atoms with Gasteiger partial charge in [-0.3, -0.25) is 14.4 Å². The van der Waals surface area contributed by atoms with E-state index in [-0.39, 0.29) is 18.9 Å². The number of aromatic amines is 1. The number of aromatic nitrogens is 1. The summed E-state index contributed by atoms with van der Waals surface area (Å²) in [4.78, 5) is 52.7. The Hall–Kier alpha value is -3.05. The lowest BCUT2D eigenvalue weighted by atomic mass is 10.0. The summed E-state index contributed by atoms with van der Waals surface area (Å²) in [6.07, 6.45) is 3.97. The summed E-state index contributed by atoms with van der Waals surface area (Å²) in [6, 6.07) is 4.48. The molecule has 7 N–H and O–H groups in total. The first kappa shape index (κ1) is 27.2. The molecule has 1 aromatic carbocycles. The highest BCUT2D eigenvalue weighted by Gasteiger charge is 2.30. The van der Waals surface area contributed by atoms with Crippen molar-refractivity contribution in [1.29, 1.82) is 0 Å². The van der Waals surface area contributed by atoms with Crippen LogP contribution in [0.4, 0.5) is 0 Å². The third-order valence-corrected chi connectivity index (χ3v) is 6.05. The zero-order valence-electron chi connectivity index (χ0n) is 19.6. The molecule has 1 aromatic heterocycles. The molecule has 0 aliphatic rings. The number of hydrogen-bond donors (Lipinski definition) is 6. The number of carbonyl (C=O) groups excluding carboxylic acids is 3. The second kappa shape index (κ2) is 13.0. The molecule has 3 unspecified atom stereocenters. The van der Waals surface area contributed by atoms with Gasteiger partial charge in [-0.25, -0.2) is 4.79 Å². The summed E-state index contributed by atoms with van der Waals surface area (Å²) >= 11 is 1.50. The van der Waals surface area contributed by atoms with Crippen molar-refractivity contribution in [1.82, 2.24) is 20.9 Å². The second-order valence-electron chi connectivity index (χ2n) is 8.30. The van der Waals surface area contributed by atoms with Crippen LogP contribution in [0.1, 0.15) is 25.8 Å². The number of H-pyrrole nitrogens is 1. The molecule has 0 fully saturated rings. The van der Waals surface area contributed by atoms with Crippen LogP contribution in [0.3, 0.4) is 0 Å². The molecule has 3 amide bonds. The van der Waals surface area contributed by atoms with Crippen LogP contribution in [0.5, 0.6) is 0 Å². The molecule has 2 aromatic rings. The van der Waals surface area contributed by atoms with Crippen molar-refractivity contribution in [3.8, 4) is 0 Å². The van der Waals surface area contributed by atoms with Crippen molar-refractivity contribution in [2.24, 2.45) is 11.7 Å². The predicted molar refractivity (Wildman–Crippen MR) is 132 cm³/mol. The number of hydrogen-bond acceptors (Lipinski definition) is 6. The lowest BCUT2D eigenvalue weighted by molar-refractivity contribution is -0.142. The summed E-state index contributed by atoms with van der Waals surface area (Å²) < 4.78 is 0. The minimum atomic E-state index is -1.18. The fraction of sp³-hybridized carbons (Fsp3) is 0.478. The van der Waals surface area contributed by atoms with E-state index in [0.717, 1.165) is 16.5 Å². The first-order chi connectivity index (χ1) is 16.2. The van der Waals surface area contributed by atoms with E-state index >= 15 is 0 Å². The number of carbonyl (C=O) groups is 4. The Bertz CT molecular complexity index is 1010. The Labute approximate surface area is 202 Å². The molecule has 3 atom stereocenters. The molecular formula is C23H33N5O5S. The van der Waals surface area contributed by atoms with Gasteiger partial charge in [0.1, 0.15) is 18.1 Å². The third kappa shape index (κ3) is 7.49. The lowest BCUT2D eigenvalue weighted by Crippen LogP contribution is -2.57. The van der Waals surface area contributed by atoms with E-state index in [0.29, 0.717) is 12.2 Å². The van der Waals surface area contributed by atoms with E-state index in [1.54, 1.807) is 20.0 Å². The standard InChI is InChI=1S/C23H33N5O5S/c1-13(2)20(28-19(29)11-24)22(31)26-17(8-9-34-3)21(30)27-18(23(32)33)10-14-12-25-16-7-5-4-6-15(14)16/h4-7,12-13,17-18,20,25H,8-11,24H2,1-3H3,(H,26,31)(H,27,30)(H,28,29)(H,32,33). The SMILES string of the molecule is CSCCC(NC(=O)C(NC(=O)CN)C(C)C)C(=O)NC(Cc1c[nH]c2ccccc12)C(=O)O. The molecule has 0 spiro atoms. The molecule has 0 saturated heterocycles. The Kier molecular flexibility index (Phi) is 10.4. The maximum atomic E-state index is 13.0. The number of benzene rings is 1. The van der Waals surface area contributed by atoms with Crippen molar-refractivity contribution < 1.29 is 24.3 Å². The van der Waals surface area contributed by atoms with E-state index in [2.05, 4.69) is 20.9 Å². The normalized spacial score (nSPS) is 13.8. The van der Waals surface area contributed by atoms with Crippen LogP contribution in [0.25, 0.3) is 10.9 Å². The third-order valence-electron chi connectivity index (χ3n) is 5.41. The van der Waals surface area contributed by atoms with E-state index in [1.807, 2.05) is 30.5 Å². The van der Waals surface area contributed by atoms with Gasteiger partial charge in [-0.1, -0.05) is 32.0 Å². The molecule has 186 valence electrons. The van der Waals surface area contributed by atoms with E-state index in [4.69, 9.17) is 5.73 Å². The van der Waals surface area contributed by atoms with Gasteiger partial charge in [0.2, 0.25) is 17.7 Å². The molecule has 0 radical (unpaired) electrons. The molecule has 0 aliphatic heterocycles. The van der Waals surface area contributed by atoms with Crippen molar-refractivity contribution in [3.05, 3.63) is 36.0 Å². The number of nitrogens with one attached hydrogen (secondary N) is 4. The molecule has 11 heteroatoms. The molecule has 0 bridgehead atoms. The Morgan fingerprint density at radius 2 is 1.74 bits per heavy atom. The summed E-state index contributed by atoms with van der Waals surface area (Å²) in [5.74, 6) is -2.45. The molecular weight excluding hydrogens is 458 g/mol. The minimum absolute atomic E-state index is 0.0788. The number of rotatable bonds is 13. The topological polar surface area (TPSA) is 166 Å². The van der Waals surface area contributed by atoms with Gasteiger partial charge < -0.3 is 31.8 Å². The zero-order chi connectivity index (χ0) is 25.3. The second-order valence-corrected chi connectivity index (χ2v) is 9.28. The van der Waals surface area contributed by atoms with Crippen LogP contribution in [-0.4, -0.2) is 70.5 Å². The number of fused-ring (bicyclic) bond motifs is 1. The average Bonchev–Trinajstić information content (AvgIpc) is 3.21. The van der Waals surface area contributed by atoms with Crippen molar-refractivity contribution in [2.75, 3.05) is 18.6 Å². The van der Waals surface area contributed by atoms with Crippen molar-refractivity contribution in [2.45, 2.75) is 44.8 Å². The highest BCUT2D eigenvalue weighted by molar-refractivity contribution is 7.98. The van der Waals surface area contributed by atoms with Crippen molar-refractivity contribution in [3.63, 3.8) is 0 Å². The highest BCUT2D eigenvalue weighted by atomic mass is 32.2.